The molecule has 0 saturated carbocycles. The van der Waals surface area contributed by atoms with Crippen LogP contribution in [0.5, 0.6) is 0 Å². The summed E-state index contributed by atoms with van der Waals surface area (Å²) in [6.07, 6.45) is 3.38. The van der Waals surface area contributed by atoms with Crippen LogP contribution in [-0.2, 0) is 0 Å². The Labute approximate surface area is 127 Å². The molecule has 1 aliphatic rings. The fourth-order valence-corrected chi connectivity index (χ4v) is 2.97. The molecule has 1 aromatic rings. The second-order valence-corrected chi connectivity index (χ2v) is 6.29. The van der Waals surface area contributed by atoms with E-state index in [-0.39, 0.29) is 11.8 Å². The van der Waals surface area contributed by atoms with Gasteiger partial charge in [-0.2, -0.15) is 0 Å². The maximum atomic E-state index is 12.7. The Kier molecular flexibility index (Phi) is 5.39. The highest BCUT2D eigenvalue weighted by Crippen LogP contribution is 2.26. The lowest BCUT2D eigenvalue weighted by Gasteiger charge is -2.32. The maximum Gasteiger partial charge on any atom is 0.259 e. The van der Waals surface area contributed by atoms with E-state index in [0.29, 0.717) is 11.3 Å². The van der Waals surface area contributed by atoms with Gasteiger partial charge in [0.15, 0.2) is 5.76 Å². The molecule has 21 heavy (non-hydrogen) atoms. The molecule has 1 amide bonds. The smallest absolute Gasteiger partial charge is 0.259 e. The standard InChI is InChI=1S/C16H27N3O2/c1-11(2)15-14(12(3)18-21-15)16(20)19-9-6-13(7-10-19)5-8-17-4/h11,13,17H,5-10H2,1-4H3. The molecule has 0 bridgehead atoms. The Morgan fingerprint density at radius 1 is 1.43 bits per heavy atom. The van der Waals surface area contributed by atoms with Crippen molar-refractivity contribution in [3.8, 4) is 0 Å². The number of carbonyl (C=O) groups excluding carboxylic acids is 1. The number of nitrogens with zero attached hydrogens (tertiary/aromatic N) is 2. The van der Waals surface area contributed by atoms with E-state index in [4.69, 9.17) is 4.52 Å². The number of nitrogens with one attached hydrogen (secondary N) is 1. The molecule has 5 heteroatoms. The normalized spacial score (nSPS) is 16.7. The minimum Gasteiger partial charge on any atom is -0.360 e. The SMILES string of the molecule is CNCCC1CCN(C(=O)c2c(C)noc2C(C)C)CC1. The summed E-state index contributed by atoms with van der Waals surface area (Å²) >= 11 is 0. The fourth-order valence-electron chi connectivity index (χ4n) is 2.97. The van der Waals surface area contributed by atoms with Crippen molar-refractivity contribution in [2.45, 2.75) is 46.0 Å². The zero-order valence-electron chi connectivity index (χ0n) is 13.6. The van der Waals surface area contributed by atoms with Gasteiger partial charge in [0.25, 0.3) is 5.91 Å². The topological polar surface area (TPSA) is 58.4 Å². The Morgan fingerprint density at radius 2 is 2.10 bits per heavy atom. The third-order valence-electron chi connectivity index (χ3n) is 4.33. The van der Waals surface area contributed by atoms with Crippen molar-refractivity contribution in [3.05, 3.63) is 17.0 Å². The highest BCUT2D eigenvalue weighted by molar-refractivity contribution is 5.96. The van der Waals surface area contributed by atoms with Gasteiger partial charge in [-0.25, -0.2) is 0 Å². The van der Waals surface area contributed by atoms with E-state index < -0.39 is 0 Å². The Morgan fingerprint density at radius 3 is 2.67 bits per heavy atom. The first kappa shape index (κ1) is 16.0. The molecule has 1 saturated heterocycles. The summed E-state index contributed by atoms with van der Waals surface area (Å²) in [4.78, 5) is 14.7. The first-order valence-electron chi connectivity index (χ1n) is 7.94. The van der Waals surface area contributed by atoms with E-state index in [0.717, 1.165) is 44.2 Å². The molecule has 1 fully saturated rings. The lowest BCUT2D eigenvalue weighted by molar-refractivity contribution is 0.0683. The number of amides is 1. The van der Waals surface area contributed by atoms with Crippen LogP contribution in [0.4, 0.5) is 0 Å². The second-order valence-electron chi connectivity index (χ2n) is 6.29. The van der Waals surface area contributed by atoms with Crippen molar-refractivity contribution >= 4 is 5.91 Å². The lowest BCUT2D eigenvalue weighted by Crippen LogP contribution is -2.39. The zero-order chi connectivity index (χ0) is 15.4. The number of aryl methyl sites for hydroxylation is 1. The first-order valence-corrected chi connectivity index (χ1v) is 7.94. The van der Waals surface area contributed by atoms with E-state index >= 15 is 0 Å². The van der Waals surface area contributed by atoms with Crippen LogP contribution in [-0.4, -0.2) is 42.6 Å². The molecule has 0 unspecified atom stereocenters. The predicted octanol–water partition coefficient (Wildman–Crippen LogP) is 2.57. The largest absolute Gasteiger partial charge is 0.360 e. The second kappa shape index (κ2) is 7.07. The molecule has 5 nitrogen and oxygen atoms in total. The Hall–Kier alpha value is -1.36. The quantitative estimate of drug-likeness (QED) is 0.906. The van der Waals surface area contributed by atoms with Crippen molar-refractivity contribution < 1.29 is 9.32 Å². The van der Waals surface area contributed by atoms with Crippen molar-refractivity contribution in [2.24, 2.45) is 5.92 Å². The molecule has 0 radical (unpaired) electrons. The number of rotatable bonds is 5. The number of hydrogen-bond acceptors (Lipinski definition) is 4. The van der Waals surface area contributed by atoms with Crippen molar-refractivity contribution in [1.29, 1.82) is 0 Å². The van der Waals surface area contributed by atoms with Crippen LogP contribution in [0.3, 0.4) is 0 Å². The van der Waals surface area contributed by atoms with Crippen molar-refractivity contribution in [3.63, 3.8) is 0 Å². The molecule has 0 aromatic carbocycles. The van der Waals surface area contributed by atoms with Crippen LogP contribution >= 0.6 is 0 Å². The molecule has 2 rings (SSSR count). The van der Waals surface area contributed by atoms with Gasteiger partial charge in [0.2, 0.25) is 0 Å². The van der Waals surface area contributed by atoms with Crippen LogP contribution < -0.4 is 5.32 Å². The fraction of sp³-hybridized carbons (Fsp3) is 0.750. The maximum absolute atomic E-state index is 12.7. The summed E-state index contributed by atoms with van der Waals surface area (Å²) in [5.41, 5.74) is 1.39. The highest BCUT2D eigenvalue weighted by Gasteiger charge is 2.29. The van der Waals surface area contributed by atoms with E-state index in [1.807, 2.05) is 32.7 Å². The van der Waals surface area contributed by atoms with Crippen molar-refractivity contribution in [1.82, 2.24) is 15.4 Å². The molecule has 0 spiro atoms. The summed E-state index contributed by atoms with van der Waals surface area (Å²) in [5.74, 6) is 1.72. The van der Waals surface area contributed by atoms with Crippen LogP contribution in [0.25, 0.3) is 0 Å². The zero-order valence-corrected chi connectivity index (χ0v) is 13.6. The molecule has 2 heterocycles. The van der Waals surface area contributed by atoms with Crippen LogP contribution in [0.1, 0.15) is 60.8 Å². The van der Waals surface area contributed by atoms with Gasteiger partial charge < -0.3 is 14.7 Å². The van der Waals surface area contributed by atoms with Crippen LogP contribution in [0, 0.1) is 12.8 Å². The van der Waals surface area contributed by atoms with E-state index in [1.165, 1.54) is 6.42 Å². The summed E-state index contributed by atoms with van der Waals surface area (Å²) < 4.78 is 5.34. The van der Waals surface area contributed by atoms with Gasteiger partial charge in [0.1, 0.15) is 5.56 Å². The molecular weight excluding hydrogens is 266 g/mol. The van der Waals surface area contributed by atoms with Gasteiger partial charge >= 0.3 is 0 Å². The third-order valence-corrected chi connectivity index (χ3v) is 4.33. The van der Waals surface area contributed by atoms with E-state index in [9.17, 15) is 4.79 Å². The molecule has 0 aliphatic carbocycles. The molecule has 118 valence electrons. The average Bonchev–Trinajstić information content (AvgIpc) is 2.87. The van der Waals surface area contributed by atoms with Crippen LogP contribution in [0.15, 0.2) is 4.52 Å². The van der Waals surface area contributed by atoms with Gasteiger partial charge in [-0.15, -0.1) is 0 Å². The van der Waals surface area contributed by atoms with E-state index in [2.05, 4.69) is 10.5 Å². The summed E-state index contributed by atoms with van der Waals surface area (Å²) in [6, 6.07) is 0. The summed E-state index contributed by atoms with van der Waals surface area (Å²) in [6.45, 7) is 8.65. The Bertz CT molecular complexity index is 474. The van der Waals surface area contributed by atoms with Gasteiger partial charge in [0.05, 0.1) is 5.69 Å². The molecule has 0 atom stereocenters. The lowest BCUT2D eigenvalue weighted by atomic mass is 9.93. The molecule has 1 N–H and O–H groups in total. The van der Waals surface area contributed by atoms with Gasteiger partial charge in [-0.3, -0.25) is 4.79 Å². The van der Waals surface area contributed by atoms with E-state index in [1.54, 1.807) is 0 Å². The number of hydrogen-bond donors (Lipinski definition) is 1. The van der Waals surface area contributed by atoms with Crippen molar-refractivity contribution in [2.75, 3.05) is 26.7 Å². The third kappa shape index (κ3) is 3.64. The number of likely N-dealkylation sites (tertiary alicyclic amines) is 1. The molecular formula is C16H27N3O2. The minimum atomic E-state index is 0.0875. The van der Waals surface area contributed by atoms with Crippen LogP contribution in [0.2, 0.25) is 0 Å². The number of carbonyl (C=O) groups is 1. The molecule has 1 aromatic heterocycles. The summed E-state index contributed by atoms with van der Waals surface area (Å²) in [7, 11) is 1.99. The molecule has 1 aliphatic heterocycles. The summed E-state index contributed by atoms with van der Waals surface area (Å²) in [5, 5.41) is 7.18. The average molecular weight is 293 g/mol. The van der Waals surface area contributed by atoms with Gasteiger partial charge in [-0.1, -0.05) is 19.0 Å². The highest BCUT2D eigenvalue weighted by atomic mass is 16.5. The monoisotopic (exact) mass is 293 g/mol. The number of aromatic nitrogens is 1. The first-order chi connectivity index (χ1) is 10.0. The number of piperidine rings is 1. The minimum absolute atomic E-state index is 0.0875. The predicted molar refractivity (Wildman–Crippen MR) is 82.5 cm³/mol. The van der Waals surface area contributed by atoms with Gasteiger partial charge in [-0.05, 0) is 45.7 Å². The Balaban J connectivity index is 2.01. The van der Waals surface area contributed by atoms with Gasteiger partial charge in [0, 0.05) is 19.0 Å².